The molecule has 0 aliphatic carbocycles. The quantitative estimate of drug-likeness (QED) is 0.903. The van der Waals surface area contributed by atoms with Crippen LogP contribution in [0, 0.1) is 5.92 Å². The van der Waals surface area contributed by atoms with E-state index in [1.54, 1.807) is 6.33 Å². The second kappa shape index (κ2) is 6.39. The van der Waals surface area contributed by atoms with Crippen LogP contribution in [0.25, 0.3) is 0 Å². The smallest absolute Gasteiger partial charge is 0.146 e. The lowest BCUT2D eigenvalue weighted by molar-refractivity contribution is 0.231. The molecule has 0 saturated carbocycles. The molecule has 0 bridgehead atoms. The summed E-state index contributed by atoms with van der Waals surface area (Å²) in [5.41, 5.74) is 6.61. The Morgan fingerprint density at radius 1 is 1.32 bits per heavy atom. The van der Waals surface area contributed by atoms with E-state index < -0.39 is 0 Å². The van der Waals surface area contributed by atoms with Crippen LogP contribution in [0.1, 0.15) is 44.2 Å². The molecule has 2 aromatic heterocycles. The first-order valence-corrected chi connectivity index (χ1v) is 7.83. The predicted molar refractivity (Wildman–Crippen MR) is 83.7 cm³/mol. The van der Waals surface area contributed by atoms with Crippen molar-refractivity contribution in [2.75, 3.05) is 12.3 Å². The number of likely N-dealkylation sites (tertiary alicyclic amines) is 1. The van der Waals surface area contributed by atoms with E-state index in [4.69, 9.17) is 5.73 Å². The van der Waals surface area contributed by atoms with Gasteiger partial charge in [0, 0.05) is 6.54 Å². The average Bonchev–Trinajstić information content (AvgIpc) is 3.10. The van der Waals surface area contributed by atoms with Gasteiger partial charge in [-0.2, -0.15) is 10.2 Å². The minimum atomic E-state index is 0.289. The average molecular weight is 301 g/mol. The summed E-state index contributed by atoms with van der Waals surface area (Å²) < 4.78 is 2.01. The SMILES string of the molecule is CC(C)Cn1ncnc1CN1CCCC1c1ccc(N)nn1. The highest BCUT2D eigenvalue weighted by molar-refractivity contribution is 5.26. The summed E-state index contributed by atoms with van der Waals surface area (Å²) in [5.74, 6) is 2.03. The Bertz CT molecular complexity index is 605. The van der Waals surface area contributed by atoms with Gasteiger partial charge in [-0.05, 0) is 37.4 Å². The van der Waals surface area contributed by atoms with Gasteiger partial charge >= 0.3 is 0 Å². The van der Waals surface area contributed by atoms with E-state index in [0.717, 1.165) is 44.0 Å². The van der Waals surface area contributed by atoms with Crippen LogP contribution in [0.3, 0.4) is 0 Å². The van der Waals surface area contributed by atoms with Gasteiger partial charge in [-0.25, -0.2) is 9.67 Å². The van der Waals surface area contributed by atoms with Gasteiger partial charge < -0.3 is 5.73 Å². The molecule has 0 spiro atoms. The maximum absolute atomic E-state index is 5.63. The minimum Gasteiger partial charge on any atom is -0.382 e. The van der Waals surface area contributed by atoms with Crippen LogP contribution in [-0.4, -0.2) is 36.4 Å². The summed E-state index contributed by atoms with van der Waals surface area (Å²) >= 11 is 0. The van der Waals surface area contributed by atoms with Gasteiger partial charge in [-0.15, -0.1) is 5.10 Å². The van der Waals surface area contributed by atoms with Gasteiger partial charge in [0.1, 0.15) is 18.0 Å². The highest BCUT2D eigenvalue weighted by Gasteiger charge is 2.28. The third-order valence-corrected chi connectivity index (χ3v) is 3.99. The van der Waals surface area contributed by atoms with Gasteiger partial charge in [-0.3, -0.25) is 4.90 Å². The highest BCUT2D eigenvalue weighted by Crippen LogP contribution is 2.31. The van der Waals surface area contributed by atoms with Gasteiger partial charge in [0.15, 0.2) is 0 Å². The van der Waals surface area contributed by atoms with Crippen molar-refractivity contribution in [3.63, 3.8) is 0 Å². The van der Waals surface area contributed by atoms with Gasteiger partial charge in [-0.1, -0.05) is 13.8 Å². The number of hydrogen-bond donors (Lipinski definition) is 1. The fourth-order valence-electron chi connectivity index (χ4n) is 2.97. The van der Waals surface area contributed by atoms with Crippen LogP contribution in [-0.2, 0) is 13.1 Å². The van der Waals surface area contributed by atoms with Crippen LogP contribution in [0.5, 0.6) is 0 Å². The zero-order chi connectivity index (χ0) is 15.5. The maximum atomic E-state index is 5.63. The Morgan fingerprint density at radius 2 is 2.18 bits per heavy atom. The predicted octanol–water partition coefficient (Wildman–Crippen LogP) is 1.64. The number of nitrogens with two attached hydrogens (primary N) is 1. The number of anilines is 1. The third-order valence-electron chi connectivity index (χ3n) is 3.99. The van der Waals surface area contributed by atoms with Gasteiger partial charge in [0.25, 0.3) is 0 Å². The number of hydrogen-bond acceptors (Lipinski definition) is 6. The van der Waals surface area contributed by atoms with Crippen molar-refractivity contribution in [3.8, 4) is 0 Å². The number of nitrogen functional groups attached to an aromatic ring is 1. The molecule has 7 heteroatoms. The van der Waals surface area contributed by atoms with Crippen molar-refractivity contribution in [1.29, 1.82) is 0 Å². The van der Waals surface area contributed by atoms with Crippen molar-refractivity contribution in [2.45, 2.75) is 45.8 Å². The van der Waals surface area contributed by atoms with Crippen LogP contribution in [0.15, 0.2) is 18.5 Å². The number of aromatic nitrogens is 5. The second-order valence-corrected chi connectivity index (χ2v) is 6.26. The molecular weight excluding hydrogens is 278 g/mol. The molecule has 3 heterocycles. The van der Waals surface area contributed by atoms with E-state index in [9.17, 15) is 0 Å². The van der Waals surface area contributed by atoms with E-state index in [0.29, 0.717) is 11.7 Å². The fraction of sp³-hybridized carbons (Fsp3) is 0.600. The van der Waals surface area contributed by atoms with Crippen LogP contribution >= 0.6 is 0 Å². The van der Waals surface area contributed by atoms with Gasteiger partial charge in [0.05, 0.1) is 18.3 Å². The van der Waals surface area contributed by atoms with Gasteiger partial charge in [0.2, 0.25) is 0 Å². The fourth-order valence-corrected chi connectivity index (χ4v) is 2.97. The molecular formula is C15H23N7. The van der Waals surface area contributed by atoms with E-state index >= 15 is 0 Å². The molecule has 1 atom stereocenters. The van der Waals surface area contributed by atoms with Crippen molar-refractivity contribution in [3.05, 3.63) is 30.0 Å². The number of nitrogens with zero attached hydrogens (tertiary/aromatic N) is 6. The summed E-state index contributed by atoms with van der Waals surface area (Å²) in [6, 6.07) is 4.09. The molecule has 1 aliphatic heterocycles. The summed E-state index contributed by atoms with van der Waals surface area (Å²) in [6.07, 6.45) is 3.90. The lowest BCUT2D eigenvalue weighted by Gasteiger charge is -2.23. The van der Waals surface area contributed by atoms with E-state index in [1.165, 1.54) is 0 Å². The third kappa shape index (κ3) is 3.24. The molecule has 0 aromatic carbocycles. The topological polar surface area (TPSA) is 85.8 Å². The lowest BCUT2D eigenvalue weighted by atomic mass is 10.1. The standard InChI is InChI=1S/C15H23N7/c1-11(2)8-22-15(17-10-18-22)9-21-7-3-4-13(21)12-5-6-14(16)20-19-12/h5-6,10-11,13H,3-4,7-9H2,1-2H3,(H2,16,20). The summed E-state index contributed by atoms with van der Waals surface area (Å²) in [7, 11) is 0. The van der Waals surface area contributed by atoms with E-state index in [2.05, 4.69) is 39.0 Å². The van der Waals surface area contributed by atoms with E-state index in [1.807, 2.05) is 16.8 Å². The molecule has 1 unspecified atom stereocenters. The Balaban J connectivity index is 1.74. The first-order valence-electron chi connectivity index (χ1n) is 7.83. The molecule has 0 amide bonds. The van der Waals surface area contributed by atoms with Crippen molar-refractivity contribution >= 4 is 5.82 Å². The summed E-state index contributed by atoms with van der Waals surface area (Å²) in [4.78, 5) is 6.83. The summed E-state index contributed by atoms with van der Waals surface area (Å²) in [6.45, 7) is 7.12. The largest absolute Gasteiger partial charge is 0.382 e. The monoisotopic (exact) mass is 301 g/mol. The molecule has 2 aromatic rings. The molecule has 1 aliphatic rings. The van der Waals surface area contributed by atoms with Crippen molar-refractivity contribution in [2.24, 2.45) is 5.92 Å². The van der Waals surface area contributed by atoms with Crippen LogP contribution in [0.2, 0.25) is 0 Å². The summed E-state index contributed by atoms with van der Waals surface area (Å²) in [5, 5.41) is 12.6. The molecule has 1 fully saturated rings. The Hall–Kier alpha value is -2.02. The first-order chi connectivity index (χ1) is 10.6. The molecule has 2 N–H and O–H groups in total. The maximum Gasteiger partial charge on any atom is 0.146 e. The second-order valence-electron chi connectivity index (χ2n) is 6.26. The molecule has 7 nitrogen and oxygen atoms in total. The molecule has 0 radical (unpaired) electrons. The lowest BCUT2D eigenvalue weighted by Crippen LogP contribution is -2.26. The Kier molecular flexibility index (Phi) is 4.33. The normalized spacial score (nSPS) is 19.1. The minimum absolute atomic E-state index is 0.289. The molecule has 3 rings (SSSR count). The number of rotatable bonds is 5. The Morgan fingerprint density at radius 3 is 2.91 bits per heavy atom. The van der Waals surface area contributed by atoms with Crippen molar-refractivity contribution < 1.29 is 0 Å². The molecule has 22 heavy (non-hydrogen) atoms. The molecule has 1 saturated heterocycles. The first kappa shape index (κ1) is 14.9. The Labute approximate surface area is 130 Å². The van der Waals surface area contributed by atoms with Crippen molar-refractivity contribution in [1.82, 2.24) is 29.9 Å². The molecule has 118 valence electrons. The van der Waals surface area contributed by atoms with Crippen LogP contribution < -0.4 is 5.73 Å². The highest BCUT2D eigenvalue weighted by atomic mass is 15.4. The van der Waals surface area contributed by atoms with Crippen LogP contribution in [0.4, 0.5) is 5.82 Å². The van der Waals surface area contributed by atoms with E-state index in [-0.39, 0.29) is 6.04 Å². The zero-order valence-electron chi connectivity index (χ0n) is 13.2. The zero-order valence-corrected chi connectivity index (χ0v) is 13.2.